The van der Waals surface area contributed by atoms with Crippen LogP contribution in [-0.2, 0) is 9.59 Å². The third kappa shape index (κ3) is 7.42. The molecule has 0 amide bonds. The van der Waals surface area contributed by atoms with E-state index in [2.05, 4.69) is 132 Å². The Morgan fingerprint density at radius 2 is 0.776 bits per heavy atom. The molecule has 3 nitrogen and oxygen atoms in total. The normalized spacial score (nSPS) is 18.4. The monoisotopic (exact) mass is 652 g/mol. The van der Waals surface area contributed by atoms with E-state index in [9.17, 15) is 9.59 Å². The van der Waals surface area contributed by atoms with Crippen LogP contribution in [-0.4, -0.2) is 11.6 Å². The minimum atomic E-state index is -0.384. The lowest BCUT2D eigenvalue weighted by atomic mass is 9.68. The van der Waals surface area contributed by atoms with Gasteiger partial charge in [-0.3, -0.25) is 9.59 Å². The Balaban J connectivity index is 1.73. The van der Waals surface area contributed by atoms with Crippen LogP contribution in [0.3, 0.4) is 0 Å². The molecule has 2 aliphatic carbocycles. The number of carbonyl (C=O) groups excluding carboxylic acids is 2. The second kappa shape index (κ2) is 12.8. The van der Waals surface area contributed by atoms with Crippen molar-refractivity contribution in [1.29, 1.82) is 0 Å². The average molecular weight is 653 g/mol. The second-order valence-electron chi connectivity index (χ2n) is 17.4. The zero-order chi connectivity index (χ0) is 36.1. The van der Waals surface area contributed by atoms with Crippen LogP contribution in [0.25, 0.3) is 23.3 Å². The summed E-state index contributed by atoms with van der Waals surface area (Å²) in [6.45, 7) is 25.2. The molecule has 1 heterocycles. The van der Waals surface area contributed by atoms with Gasteiger partial charge in [-0.25, -0.2) is 0 Å². The molecule has 254 valence electrons. The Morgan fingerprint density at radius 1 is 0.449 bits per heavy atom. The van der Waals surface area contributed by atoms with E-state index in [1.54, 1.807) is 0 Å². The van der Waals surface area contributed by atoms with Crippen LogP contribution in [0.4, 0.5) is 0 Å². The lowest BCUT2D eigenvalue weighted by Gasteiger charge is -2.34. The molecule has 2 aromatic carbocycles. The zero-order valence-corrected chi connectivity index (χ0v) is 31.5. The standard InChI is InChI=1S/C46H52O3/c1-43(2,3)35-27-31(37(29-19-15-13-16-20-29)39(41(35)47)45(7,8)9)25-33-23-24-34(49-33)26-32-28-36(44(4,5)6)42(48)40(46(10,11)12)38(32)30-21-17-14-18-22-30/h13-28H,1-12H3/b31-25+,32-26+. The number of allylic oxidation sites excluding steroid dienone is 10. The minimum Gasteiger partial charge on any atom is -0.457 e. The van der Waals surface area contributed by atoms with Gasteiger partial charge < -0.3 is 4.42 Å². The molecule has 0 fully saturated rings. The third-order valence-corrected chi connectivity index (χ3v) is 9.10. The third-order valence-electron chi connectivity index (χ3n) is 9.10. The number of hydrogen-bond acceptors (Lipinski definition) is 3. The van der Waals surface area contributed by atoms with Gasteiger partial charge in [-0.2, -0.15) is 0 Å². The van der Waals surface area contributed by atoms with Crippen LogP contribution >= 0.6 is 0 Å². The molecule has 0 saturated carbocycles. The van der Waals surface area contributed by atoms with Gasteiger partial charge >= 0.3 is 0 Å². The fraction of sp³-hybridized carbons (Fsp3) is 0.348. The maximum Gasteiger partial charge on any atom is 0.186 e. The van der Waals surface area contributed by atoms with E-state index >= 15 is 0 Å². The van der Waals surface area contributed by atoms with Crippen LogP contribution in [0.15, 0.2) is 123 Å². The van der Waals surface area contributed by atoms with E-state index in [1.807, 2.05) is 48.5 Å². The molecular formula is C46H52O3. The van der Waals surface area contributed by atoms with Crippen LogP contribution in [0.2, 0.25) is 0 Å². The van der Waals surface area contributed by atoms with Gasteiger partial charge in [-0.15, -0.1) is 0 Å². The average Bonchev–Trinajstić information content (AvgIpc) is 3.43. The summed E-state index contributed by atoms with van der Waals surface area (Å²) < 4.78 is 6.57. The molecule has 0 spiro atoms. The first-order chi connectivity index (χ1) is 22.7. The number of ketones is 2. The highest BCUT2D eigenvalue weighted by atomic mass is 16.3. The summed E-state index contributed by atoms with van der Waals surface area (Å²) in [7, 11) is 0. The van der Waals surface area contributed by atoms with Gasteiger partial charge in [-0.1, -0.05) is 144 Å². The summed E-state index contributed by atoms with van der Waals surface area (Å²) in [6.07, 6.45) is 8.22. The molecule has 0 bridgehead atoms. The quantitative estimate of drug-likeness (QED) is 0.282. The van der Waals surface area contributed by atoms with Gasteiger partial charge in [0.2, 0.25) is 0 Å². The van der Waals surface area contributed by atoms with Crippen LogP contribution < -0.4 is 0 Å². The number of Topliss-reactive ketones (excluding diaryl/α,β-unsaturated/α-hetero) is 2. The van der Waals surface area contributed by atoms with Crippen molar-refractivity contribution in [3.05, 3.63) is 141 Å². The first kappa shape index (κ1) is 35.8. The molecule has 0 unspecified atom stereocenters. The topological polar surface area (TPSA) is 47.3 Å². The van der Waals surface area contributed by atoms with E-state index in [1.165, 1.54) is 0 Å². The van der Waals surface area contributed by atoms with Crippen molar-refractivity contribution in [2.75, 3.05) is 0 Å². The highest BCUT2D eigenvalue weighted by Gasteiger charge is 2.39. The first-order valence-corrected chi connectivity index (χ1v) is 17.4. The Morgan fingerprint density at radius 3 is 1.06 bits per heavy atom. The van der Waals surface area contributed by atoms with Crippen molar-refractivity contribution < 1.29 is 14.0 Å². The summed E-state index contributed by atoms with van der Waals surface area (Å²) in [5.41, 5.74) is 7.54. The van der Waals surface area contributed by atoms with Crippen molar-refractivity contribution in [3.8, 4) is 0 Å². The summed E-state index contributed by atoms with van der Waals surface area (Å²) in [4.78, 5) is 28.3. The molecule has 0 aliphatic heterocycles. The van der Waals surface area contributed by atoms with Crippen molar-refractivity contribution in [1.82, 2.24) is 0 Å². The maximum absolute atomic E-state index is 14.2. The lowest BCUT2D eigenvalue weighted by Crippen LogP contribution is -2.29. The van der Waals surface area contributed by atoms with Gasteiger partial charge in [-0.05, 0) is 91.5 Å². The summed E-state index contributed by atoms with van der Waals surface area (Å²) in [5, 5.41) is 0. The van der Waals surface area contributed by atoms with Gasteiger partial charge in [0.05, 0.1) is 0 Å². The molecule has 1 aromatic heterocycles. The van der Waals surface area contributed by atoms with E-state index < -0.39 is 0 Å². The van der Waals surface area contributed by atoms with E-state index in [-0.39, 0.29) is 33.2 Å². The molecule has 0 N–H and O–H groups in total. The SMILES string of the molecule is CC(C)(C)C1=C/C(=C\c2ccc(/C=C3\C=C(C(C)(C)C)C(=O)C(C(C)(C)C)=C3c3ccccc3)o2)C(c2ccccc2)=C(C(C)(C)C)C1=O. The van der Waals surface area contributed by atoms with Gasteiger partial charge in [0.25, 0.3) is 0 Å². The fourth-order valence-electron chi connectivity index (χ4n) is 6.81. The molecule has 3 aromatic rings. The van der Waals surface area contributed by atoms with Crippen LogP contribution in [0.5, 0.6) is 0 Å². The summed E-state index contributed by atoms with van der Waals surface area (Å²) >= 11 is 0. The largest absolute Gasteiger partial charge is 0.457 e. The van der Waals surface area contributed by atoms with Crippen LogP contribution in [0, 0.1) is 21.7 Å². The Kier molecular flexibility index (Phi) is 9.32. The molecule has 0 atom stereocenters. The fourth-order valence-corrected chi connectivity index (χ4v) is 6.81. The zero-order valence-electron chi connectivity index (χ0n) is 31.5. The van der Waals surface area contributed by atoms with Gasteiger partial charge in [0.15, 0.2) is 11.6 Å². The summed E-state index contributed by atoms with van der Waals surface area (Å²) in [5.74, 6) is 1.58. The highest BCUT2D eigenvalue weighted by molar-refractivity contribution is 6.21. The predicted octanol–water partition coefficient (Wildman–Crippen LogP) is 12.2. The number of hydrogen-bond donors (Lipinski definition) is 0. The molecule has 0 radical (unpaired) electrons. The number of furan rings is 1. The Labute approximate surface area is 293 Å². The molecule has 49 heavy (non-hydrogen) atoms. The van der Waals surface area contributed by atoms with E-state index in [0.29, 0.717) is 11.5 Å². The smallest absolute Gasteiger partial charge is 0.186 e. The number of carbonyl (C=O) groups is 2. The maximum atomic E-state index is 14.2. The number of benzene rings is 2. The van der Waals surface area contributed by atoms with Crippen molar-refractivity contribution in [3.63, 3.8) is 0 Å². The first-order valence-electron chi connectivity index (χ1n) is 17.4. The van der Waals surface area contributed by atoms with Gasteiger partial charge in [0.1, 0.15) is 11.5 Å². The van der Waals surface area contributed by atoms with Gasteiger partial charge in [0, 0.05) is 22.3 Å². The Bertz CT molecular complexity index is 1830. The second-order valence-corrected chi connectivity index (χ2v) is 17.4. The summed E-state index contributed by atoms with van der Waals surface area (Å²) in [6, 6.07) is 24.3. The van der Waals surface area contributed by atoms with Crippen molar-refractivity contribution >= 4 is 34.9 Å². The lowest BCUT2D eigenvalue weighted by molar-refractivity contribution is -0.114. The molecular weight excluding hydrogens is 601 g/mol. The molecule has 0 saturated heterocycles. The van der Waals surface area contributed by atoms with Crippen LogP contribution in [0.1, 0.15) is 106 Å². The van der Waals surface area contributed by atoms with Crippen molar-refractivity contribution in [2.24, 2.45) is 21.7 Å². The Hall–Kier alpha value is -4.50. The highest BCUT2D eigenvalue weighted by Crippen LogP contribution is 2.48. The molecule has 5 rings (SSSR count). The molecule has 2 aliphatic rings. The molecule has 3 heteroatoms. The predicted molar refractivity (Wildman–Crippen MR) is 205 cm³/mol. The minimum absolute atomic E-state index is 0.101. The van der Waals surface area contributed by atoms with E-state index in [4.69, 9.17) is 4.42 Å². The van der Waals surface area contributed by atoms with Crippen molar-refractivity contribution in [2.45, 2.75) is 83.1 Å². The number of rotatable bonds is 4. The van der Waals surface area contributed by atoms with E-state index in [0.717, 1.165) is 55.7 Å².